The van der Waals surface area contributed by atoms with Gasteiger partial charge in [0.1, 0.15) is 18.4 Å². The molecular formula is C20H19ClN4O4. The lowest BCUT2D eigenvalue weighted by Gasteiger charge is -2.12. The van der Waals surface area contributed by atoms with Gasteiger partial charge in [-0.1, -0.05) is 30.7 Å². The molecule has 0 aliphatic heterocycles. The average Bonchev–Trinajstić information content (AvgIpc) is 3.26. The van der Waals surface area contributed by atoms with Crippen molar-refractivity contribution in [1.82, 2.24) is 14.8 Å². The Morgan fingerprint density at radius 2 is 1.93 bits per heavy atom. The topological polar surface area (TPSA) is 95.3 Å². The molecule has 3 aromatic rings. The van der Waals surface area contributed by atoms with Crippen LogP contribution in [-0.2, 0) is 20.7 Å². The second-order valence-corrected chi connectivity index (χ2v) is 6.43. The minimum atomic E-state index is -0.651. The van der Waals surface area contributed by atoms with Crippen molar-refractivity contribution in [1.29, 1.82) is 0 Å². The van der Waals surface area contributed by atoms with Crippen molar-refractivity contribution in [2.24, 2.45) is 0 Å². The third-order valence-electron chi connectivity index (χ3n) is 3.95. The van der Waals surface area contributed by atoms with E-state index < -0.39 is 18.5 Å². The monoisotopic (exact) mass is 414 g/mol. The molecule has 0 spiro atoms. The number of halogens is 1. The number of esters is 1. The smallest absolute Gasteiger partial charge is 0.344 e. The molecule has 1 aromatic heterocycles. The van der Waals surface area contributed by atoms with Crippen molar-refractivity contribution in [2.75, 3.05) is 18.5 Å². The van der Waals surface area contributed by atoms with E-state index in [-0.39, 0.29) is 6.61 Å². The van der Waals surface area contributed by atoms with Gasteiger partial charge in [-0.05, 0) is 42.3 Å². The first-order chi connectivity index (χ1) is 14.0. The zero-order chi connectivity index (χ0) is 20.6. The number of anilines is 1. The summed E-state index contributed by atoms with van der Waals surface area (Å²) in [6.45, 7) is 1.30. The average molecular weight is 415 g/mol. The Labute approximate surface area is 172 Å². The van der Waals surface area contributed by atoms with Crippen molar-refractivity contribution in [2.45, 2.75) is 13.3 Å². The van der Waals surface area contributed by atoms with E-state index in [4.69, 9.17) is 21.1 Å². The molecule has 1 amide bonds. The Morgan fingerprint density at radius 1 is 1.14 bits per heavy atom. The molecule has 29 heavy (non-hydrogen) atoms. The number of nitrogens with one attached hydrogen (secondary N) is 1. The third kappa shape index (κ3) is 5.79. The van der Waals surface area contributed by atoms with Crippen molar-refractivity contribution in [3.05, 3.63) is 65.7 Å². The quantitative estimate of drug-likeness (QED) is 0.569. The van der Waals surface area contributed by atoms with E-state index in [2.05, 4.69) is 22.3 Å². The molecule has 0 saturated carbocycles. The van der Waals surface area contributed by atoms with Crippen molar-refractivity contribution in [3.63, 3.8) is 0 Å². The highest BCUT2D eigenvalue weighted by Gasteiger charge is 2.13. The summed E-state index contributed by atoms with van der Waals surface area (Å²) in [7, 11) is 0. The van der Waals surface area contributed by atoms with E-state index in [1.54, 1.807) is 30.3 Å². The van der Waals surface area contributed by atoms with Crippen LogP contribution in [-0.4, -0.2) is 39.9 Å². The van der Waals surface area contributed by atoms with Gasteiger partial charge < -0.3 is 14.8 Å². The molecule has 1 heterocycles. The van der Waals surface area contributed by atoms with Crippen LogP contribution in [0.3, 0.4) is 0 Å². The van der Waals surface area contributed by atoms with Gasteiger partial charge >= 0.3 is 5.97 Å². The highest BCUT2D eigenvalue weighted by molar-refractivity contribution is 6.31. The minimum Gasteiger partial charge on any atom is -0.482 e. The zero-order valence-corrected chi connectivity index (χ0v) is 16.4. The van der Waals surface area contributed by atoms with E-state index in [1.165, 1.54) is 22.9 Å². The van der Waals surface area contributed by atoms with Gasteiger partial charge in [-0.3, -0.25) is 4.79 Å². The molecule has 0 bridgehead atoms. The van der Waals surface area contributed by atoms with Crippen molar-refractivity contribution < 1.29 is 19.1 Å². The highest BCUT2D eigenvalue weighted by atomic mass is 35.5. The Kier molecular flexibility index (Phi) is 6.80. The number of carbonyl (C=O) groups excluding carboxylic acids is 2. The Morgan fingerprint density at radius 3 is 2.62 bits per heavy atom. The van der Waals surface area contributed by atoms with E-state index >= 15 is 0 Å². The fraction of sp³-hybridized carbons (Fsp3) is 0.200. The SMILES string of the molecule is CCc1ccc(OCC(=O)OCC(=O)Nc2cc(Cl)ccc2-n2cncn2)cc1. The van der Waals surface area contributed by atoms with Crippen LogP contribution < -0.4 is 10.1 Å². The number of nitrogens with zero attached hydrogens (tertiary/aromatic N) is 3. The molecular weight excluding hydrogens is 396 g/mol. The van der Waals surface area contributed by atoms with Gasteiger partial charge in [0.2, 0.25) is 0 Å². The fourth-order valence-electron chi connectivity index (χ4n) is 2.48. The Bertz CT molecular complexity index is 975. The molecule has 0 aliphatic rings. The molecule has 0 atom stereocenters. The summed E-state index contributed by atoms with van der Waals surface area (Å²) in [6.07, 6.45) is 3.78. The number of benzene rings is 2. The number of hydrogen-bond acceptors (Lipinski definition) is 6. The largest absolute Gasteiger partial charge is 0.482 e. The van der Waals surface area contributed by atoms with Gasteiger partial charge in [0, 0.05) is 5.02 Å². The van der Waals surface area contributed by atoms with Gasteiger partial charge in [0.25, 0.3) is 5.91 Å². The third-order valence-corrected chi connectivity index (χ3v) is 4.19. The van der Waals surface area contributed by atoms with Gasteiger partial charge in [0.05, 0.1) is 11.4 Å². The minimum absolute atomic E-state index is 0.292. The lowest BCUT2D eigenvalue weighted by atomic mass is 10.2. The highest BCUT2D eigenvalue weighted by Crippen LogP contribution is 2.23. The van der Waals surface area contributed by atoms with Gasteiger partial charge in [-0.15, -0.1) is 0 Å². The number of carbonyl (C=O) groups is 2. The van der Waals surface area contributed by atoms with Crippen LogP contribution in [0.4, 0.5) is 5.69 Å². The first-order valence-corrected chi connectivity index (χ1v) is 9.24. The lowest BCUT2D eigenvalue weighted by molar-refractivity contribution is -0.149. The maximum Gasteiger partial charge on any atom is 0.344 e. The van der Waals surface area contributed by atoms with Crippen LogP contribution in [0.15, 0.2) is 55.1 Å². The van der Waals surface area contributed by atoms with Crippen LogP contribution in [0.1, 0.15) is 12.5 Å². The summed E-state index contributed by atoms with van der Waals surface area (Å²) in [5.74, 6) is -0.614. The van der Waals surface area contributed by atoms with Crippen LogP contribution >= 0.6 is 11.6 Å². The summed E-state index contributed by atoms with van der Waals surface area (Å²) < 4.78 is 11.8. The van der Waals surface area contributed by atoms with Crippen molar-refractivity contribution in [3.8, 4) is 11.4 Å². The number of hydrogen-bond donors (Lipinski definition) is 1. The standard InChI is InChI=1S/C20H19ClN4O4/c1-2-14-3-6-16(7-4-14)28-11-20(27)29-10-19(26)24-17-9-15(21)5-8-18(17)25-13-22-12-23-25/h3-9,12-13H,2,10-11H2,1H3,(H,24,26). The summed E-state index contributed by atoms with van der Waals surface area (Å²) >= 11 is 6.01. The van der Waals surface area contributed by atoms with E-state index in [0.717, 1.165) is 6.42 Å². The molecule has 0 radical (unpaired) electrons. The van der Waals surface area contributed by atoms with Crippen molar-refractivity contribution >= 4 is 29.2 Å². The molecule has 3 rings (SSSR count). The number of aryl methyl sites for hydroxylation is 1. The maximum absolute atomic E-state index is 12.2. The van der Waals surface area contributed by atoms with Crippen LogP contribution in [0, 0.1) is 0 Å². The summed E-state index contributed by atoms with van der Waals surface area (Å²) in [5, 5.41) is 7.12. The van der Waals surface area contributed by atoms with E-state index in [9.17, 15) is 9.59 Å². The molecule has 0 unspecified atom stereocenters. The Hall–Kier alpha value is -3.39. The van der Waals surface area contributed by atoms with Gasteiger partial charge in [-0.2, -0.15) is 5.10 Å². The first kappa shape index (κ1) is 20.3. The number of amides is 1. The zero-order valence-electron chi connectivity index (χ0n) is 15.7. The lowest BCUT2D eigenvalue weighted by Crippen LogP contribution is -2.24. The summed E-state index contributed by atoms with van der Waals surface area (Å²) in [6, 6.07) is 12.3. The van der Waals surface area contributed by atoms with Crippen LogP contribution in [0.2, 0.25) is 5.02 Å². The summed E-state index contributed by atoms with van der Waals surface area (Å²) in [4.78, 5) is 27.9. The Balaban J connectivity index is 1.51. The number of aromatic nitrogens is 3. The second kappa shape index (κ2) is 9.70. The van der Waals surface area contributed by atoms with Crippen LogP contribution in [0.5, 0.6) is 5.75 Å². The number of rotatable bonds is 8. The van der Waals surface area contributed by atoms with Gasteiger partial charge in [0.15, 0.2) is 13.2 Å². The summed E-state index contributed by atoms with van der Waals surface area (Å²) in [5.41, 5.74) is 2.16. The molecule has 0 saturated heterocycles. The molecule has 150 valence electrons. The second-order valence-electron chi connectivity index (χ2n) is 6.00. The fourth-order valence-corrected chi connectivity index (χ4v) is 2.65. The molecule has 0 fully saturated rings. The first-order valence-electron chi connectivity index (χ1n) is 8.87. The molecule has 1 N–H and O–H groups in total. The molecule has 8 nitrogen and oxygen atoms in total. The predicted octanol–water partition coefficient (Wildman–Crippen LogP) is 3.04. The number of ether oxygens (including phenoxy) is 2. The molecule has 0 aliphatic carbocycles. The molecule has 9 heteroatoms. The van der Waals surface area contributed by atoms with Gasteiger partial charge in [-0.25, -0.2) is 14.5 Å². The normalized spacial score (nSPS) is 10.4. The molecule has 2 aromatic carbocycles. The van der Waals surface area contributed by atoms with E-state index in [0.29, 0.717) is 22.1 Å². The maximum atomic E-state index is 12.2. The van der Waals surface area contributed by atoms with Crippen LogP contribution in [0.25, 0.3) is 5.69 Å². The van der Waals surface area contributed by atoms with E-state index in [1.807, 2.05) is 12.1 Å². The predicted molar refractivity (Wildman–Crippen MR) is 107 cm³/mol.